The van der Waals surface area contributed by atoms with Gasteiger partial charge in [0.1, 0.15) is 0 Å². The molecule has 4 N–H and O–H groups in total. The summed E-state index contributed by atoms with van der Waals surface area (Å²) < 4.78 is 0. The molecule has 0 spiro atoms. The number of hydrogen-bond acceptors (Lipinski definition) is 7. The maximum Gasteiger partial charge on any atom is 0.317 e. The van der Waals surface area contributed by atoms with Gasteiger partial charge in [-0.3, -0.25) is 33.9 Å². The van der Waals surface area contributed by atoms with Crippen LogP contribution in [0.2, 0.25) is 0 Å². The molecule has 1 heterocycles. The molecular formula is C20H33N3O8. The zero-order valence-electron chi connectivity index (χ0n) is 17.7. The topological polar surface area (TPSA) is 159 Å². The Hall–Kier alpha value is -2.24. The van der Waals surface area contributed by atoms with Crippen molar-refractivity contribution >= 4 is 23.9 Å². The van der Waals surface area contributed by atoms with Crippen molar-refractivity contribution in [3.05, 3.63) is 0 Å². The van der Waals surface area contributed by atoms with E-state index in [4.69, 9.17) is 0 Å². The standard InChI is InChI=1S/C20H33N3O8/c24-17(25)8-16-14-2-1-3-15(16)10-23(13-20(30)31)7-5-21(11-18(26)27)4-6-22(9-14)12-19(28)29/h14-16H,1-13H2,(H,24,25)(H,26,27)(H,28,29)(H,30,31)/t14-,15+,16?. The van der Waals surface area contributed by atoms with E-state index in [0.29, 0.717) is 39.3 Å². The lowest BCUT2D eigenvalue weighted by atomic mass is 9.70. The number of carbonyl (C=O) groups is 4. The molecule has 0 radical (unpaired) electrons. The molecule has 2 aliphatic rings. The summed E-state index contributed by atoms with van der Waals surface area (Å²) in [5.74, 6) is -4.04. The zero-order chi connectivity index (χ0) is 23.0. The van der Waals surface area contributed by atoms with E-state index in [0.717, 1.165) is 19.3 Å². The fraction of sp³-hybridized carbons (Fsp3) is 0.800. The highest BCUT2D eigenvalue weighted by Crippen LogP contribution is 2.38. The SMILES string of the molecule is O=C(O)CC1[C@@H]2CCC[C@H]1CN(CC(=O)O)CCN(CC(=O)O)CCN(CC(=O)O)C2. The van der Waals surface area contributed by atoms with Crippen molar-refractivity contribution in [1.29, 1.82) is 0 Å². The highest BCUT2D eigenvalue weighted by molar-refractivity contribution is 5.70. The van der Waals surface area contributed by atoms with Gasteiger partial charge in [-0.15, -0.1) is 0 Å². The largest absolute Gasteiger partial charge is 0.481 e. The molecule has 3 atom stereocenters. The van der Waals surface area contributed by atoms with Crippen molar-refractivity contribution < 1.29 is 39.6 Å². The molecule has 11 nitrogen and oxygen atoms in total. The van der Waals surface area contributed by atoms with Crippen LogP contribution >= 0.6 is 0 Å². The zero-order valence-corrected chi connectivity index (χ0v) is 17.7. The minimum Gasteiger partial charge on any atom is -0.481 e. The molecule has 2 rings (SSSR count). The van der Waals surface area contributed by atoms with E-state index in [2.05, 4.69) is 0 Å². The molecule has 1 saturated heterocycles. The van der Waals surface area contributed by atoms with Crippen LogP contribution in [-0.4, -0.2) is 118 Å². The van der Waals surface area contributed by atoms with Crippen LogP contribution in [0.4, 0.5) is 0 Å². The Balaban J connectivity index is 2.29. The van der Waals surface area contributed by atoms with Gasteiger partial charge >= 0.3 is 23.9 Å². The van der Waals surface area contributed by atoms with Crippen molar-refractivity contribution in [2.24, 2.45) is 17.8 Å². The van der Waals surface area contributed by atoms with Crippen LogP contribution in [0, 0.1) is 17.8 Å². The van der Waals surface area contributed by atoms with E-state index in [-0.39, 0.29) is 43.8 Å². The summed E-state index contributed by atoms with van der Waals surface area (Å²) in [4.78, 5) is 50.8. The number of nitrogens with zero attached hydrogens (tertiary/aromatic N) is 3. The molecule has 2 bridgehead atoms. The smallest absolute Gasteiger partial charge is 0.317 e. The van der Waals surface area contributed by atoms with Crippen molar-refractivity contribution in [2.75, 3.05) is 58.9 Å². The first-order chi connectivity index (χ1) is 14.6. The summed E-state index contributed by atoms with van der Waals surface area (Å²) in [5, 5.41) is 37.3. The Labute approximate surface area is 181 Å². The molecule has 2 fully saturated rings. The van der Waals surface area contributed by atoms with E-state index >= 15 is 0 Å². The van der Waals surface area contributed by atoms with Gasteiger partial charge in [0.2, 0.25) is 0 Å². The van der Waals surface area contributed by atoms with Crippen molar-refractivity contribution in [3.63, 3.8) is 0 Å². The van der Waals surface area contributed by atoms with Gasteiger partial charge in [0, 0.05) is 45.7 Å². The lowest BCUT2D eigenvalue weighted by Crippen LogP contribution is -2.49. The second kappa shape index (κ2) is 12.0. The quantitative estimate of drug-likeness (QED) is 0.389. The van der Waals surface area contributed by atoms with E-state index in [1.165, 1.54) is 0 Å². The monoisotopic (exact) mass is 443 g/mol. The number of aliphatic carboxylic acids is 4. The summed E-state index contributed by atoms with van der Waals surface area (Å²) >= 11 is 0. The fourth-order valence-electron chi connectivity index (χ4n) is 4.99. The minimum atomic E-state index is -1.000. The Bertz CT molecular complexity index is 620. The first-order valence-electron chi connectivity index (χ1n) is 10.7. The Morgan fingerprint density at radius 2 is 1.00 bits per heavy atom. The number of hydrogen-bond donors (Lipinski definition) is 4. The van der Waals surface area contributed by atoms with Gasteiger partial charge in [0.25, 0.3) is 0 Å². The van der Waals surface area contributed by atoms with Gasteiger partial charge < -0.3 is 20.4 Å². The van der Waals surface area contributed by atoms with Gasteiger partial charge in [-0.2, -0.15) is 0 Å². The van der Waals surface area contributed by atoms with Crippen LogP contribution in [0.1, 0.15) is 25.7 Å². The van der Waals surface area contributed by atoms with Gasteiger partial charge in [-0.05, 0) is 30.6 Å². The molecule has 11 heteroatoms. The average Bonchev–Trinajstić information content (AvgIpc) is 2.63. The molecule has 1 aliphatic heterocycles. The summed E-state index contributed by atoms with van der Waals surface area (Å²) in [6.45, 7) is 1.64. The third-order valence-corrected chi connectivity index (χ3v) is 6.30. The highest BCUT2D eigenvalue weighted by atomic mass is 16.4. The van der Waals surface area contributed by atoms with Crippen LogP contribution in [-0.2, 0) is 19.2 Å². The highest BCUT2D eigenvalue weighted by Gasteiger charge is 2.37. The summed E-state index contributed by atoms with van der Waals surface area (Å²) in [5.41, 5.74) is 0. The second-order valence-corrected chi connectivity index (χ2v) is 8.64. The third kappa shape index (κ3) is 8.80. The number of carboxylic acid groups (broad SMARTS) is 4. The Kier molecular flexibility index (Phi) is 9.66. The number of carboxylic acids is 4. The van der Waals surface area contributed by atoms with Crippen LogP contribution < -0.4 is 0 Å². The maximum atomic E-state index is 11.6. The molecule has 0 aromatic rings. The van der Waals surface area contributed by atoms with E-state index in [1.54, 1.807) is 14.7 Å². The van der Waals surface area contributed by atoms with Gasteiger partial charge in [-0.25, -0.2) is 0 Å². The summed E-state index contributed by atoms with van der Waals surface area (Å²) in [6.07, 6.45) is 2.45. The van der Waals surface area contributed by atoms with Crippen LogP contribution in [0.15, 0.2) is 0 Å². The van der Waals surface area contributed by atoms with Crippen LogP contribution in [0.25, 0.3) is 0 Å². The molecule has 31 heavy (non-hydrogen) atoms. The number of rotatable bonds is 8. The van der Waals surface area contributed by atoms with Gasteiger partial charge in [0.05, 0.1) is 19.6 Å². The molecule has 0 amide bonds. The normalized spacial score (nSPS) is 27.0. The van der Waals surface area contributed by atoms with E-state index in [1.807, 2.05) is 0 Å². The predicted molar refractivity (Wildman–Crippen MR) is 109 cm³/mol. The third-order valence-electron chi connectivity index (χ3n) is 6.30. The molecule has 1 unspecified atom stereocenters. The lowest BCUT2D eigenvalue weighted by Gasteiger charge is -2.42. The predicted octanol–water partition coefficient (Wildman–Crippen LogP) is -0.333. The molecule has 1 saturated carbocycles. The van der Waals surface area contributed by atoms with E-state index < -0.39 is 23.9 Å². The maximum absolute atomic E-state index is 11.6. The van der Waals surface area contributed by atoms with E-state index in [9.17, 15) is 39.6 Å². The second-order valence-electron chi connectivity index (χ2n) is 8.64. The lowest BCUT2D eigenvalue weighted by molar-refractivity contribution is -0.142. The Morgan fingerprint density at radius 3 is 1.39 bits per heavy atom. The number of fused-ring (bicyclic) bond motifs is 2. The van der Waals surface area contributed by atoms with Crippen molar-refractivity contribution in [2.45, 2.75) is 25.7 Å². The molecule has 1 aliphatic carbocycles. The van der Waals surface area contributed by atoms with Crippen molar-refractivity contribution in [1.82, 2.24) is 14.7 Å². The minimum absolute atomic E-state index is 0.00627. The van der Waals surface area contributed by atoms with Crippen LogP contribution in [0.3, 0.4) is 0 Å². The van der Waals surface area contributed by atoms with Gasteiger partial charge in [0.15, 0.2) is 0 Å². The van der Waals surface area contributed by atoms with Crippen LogP contribution in [0.5, 0.6) is 0 Å². The summed E-state index contributed by atoms with van der Waals surface area (Å²) in [7, 11) is 0. The molecule has 0 aromatic carbocycles. The molecule has 176 valence electrons. The van der Waals surface area contributed by atoms with Crippen molar-refractivity contribution in [3.8, 4) is 0 Å². The fourth-order valence-corrected chi connectivity index (χ4v) is 4.99. The molecule has 0 aromatic heterocycles. The Morgan fingerprint density at radius 1 is 0.613 bits per heavy atom. The first-order valence-corrected chi connectivity index (χ1v) is 10.7. The van der Waals surface area contributed by atoms with Gasteiger partial charge in [-0.1, -0.05) is 6.42 Å². The molecular weight excluding hydrogens is 410 g/mol. The first kappa shape index (κ1) is 25.0. The average molecular weight is 443 g/mol. The summed E-state index contributed by atoms with van der Waals surface area (Å²) in [6, 6.07) is 0.